The molecule has 1 aliphatic heterocycles. The highest BCUT2D eigenvalue weighted by Gasteiger charge is 2.35. The van der Waals surface area contributed by atoms with E-state index in [-0.39, 0.29) is 37.4 Å². The molecule has 1 aromatic heterocycles. The Labute approximate surface area is 215 Å². The number of halogens is 2. The first kappa shape index (κ1) is 26.6. The van der Waals surface area contributed by atoms with Gasteiger partial charge in [0.25, 0.3) is 5.92 Å². The highest BCUT2D eigenvalue weighted by atomic mass is 19.3. The van der Waals surface area contributed by atoms with Crippen LogP contribution in [0.15, 0.2) is 45.6 Å². The number of carbonyl (C=O) groups is 1. The van der Waals surface area contributed by atoms with E-state index >= 15 is 0 Å². The van der Waals surface area contributed by atoms with E-state index in [1.54, 1.807) is 36.1 Å². The number of piperidine rings is 1. The standard InChI is InChI=1S/C29H34F2N2O4/c1-17-15-21(19(3)32-23-10-8-7-9-20(23)27(35)37-28(4,5)6)25-22(16-17)24(34)18(2)26(36-25)33-13-11-29(30,31)12-14-33/h7-10,15-16,19,32H,11-14H2,1-6H3. The molecule has 1 fully saturated rings. The average Bonchev–Trinajstić information content (AvgIpc) is 2.80. The lowest BCUT2D eigenvalue weighted by Gasteiger charge is -2.33. The first-order valence-corrected chi connectivity index (χ1v) is 12.6. The van der Waals surface area contributed by atoms with Crippen molar-refractivity contribution < 1.29 is 22.7 Å². The number of esters is 1. The van der Waals surface area contributed by atoms with E-state index in [1.165, 1.54) is 0 Å². The fourth-order valence-corrected chi connectivity index (χ4v) is 4.65. The Hall–Kier alpha value is -3.42. The summed E-state index contributed by atoms with van der Waals surface area (Å²) in [5, 5.41) is 3.82. The molecule has 1 atom stereocenters. The van der Waals surface area contributed by atoms with Crippen molar-refractivity contribution in [1.29, 1.82) is 0 Å². The number of nitrogens with one attached hydrogen (secondary N) is 1. The Morgan fingerprint density at radius 3 is 2.43 bits per heavy atom. The molecule has 2 aromatic carbocycles. The van der Waals surface area contributed by atoms with Crippen LogP contribution in [0.5, 0.6) is 0 Å². The van der Waals surface area contributed by atoms with Crippen molar-refractivity contribution in [3.63, 3.8) is 0 Å². The lowest BCUT2D eigenvalue weighted by atomic mass is 9.99. The minimum Gasteiger partial charge on any atom is -0.456 e. The van der Waals surface area contributed by atoms with Gasteiger partial charge in [0.2, 0.25) is 5.88 Å². The van der Waals surface area contributed by atoms with Gasteiger partial charge in [-0.3, -0.25) is 4.79 Å². The Morgan fingerprint density at radius 2 is 1.78 bits per heavy atom. The van der Waals surface area contributed by atoms with E-state index in [1.807, 2.05) is 46.8 Å². The molecule has 198 valence electrons. The zero-order valence-corrected chi connectivity index (χ0v) is 22.2. The molecule has 8 heteroatoms. The molecule has 0 aliphatic carbocycles. The monoisotopic (exact) mass is 512 g/mol. The first-order valence-electron chi connectivity index (χ1n) is 12.6. The fourth-order valence-electron chi connectivity index (χ4n) is 4.65. The van der Waals surface area contributed by atoms with Crippen LogP contribution in [-0.2, 0) is 4.74 Å². The van der Waals surface area contributed by atoms with Crippen LogP contribution < -0.4 is 15.6 Å². The van der Waals surface area contributed by atoms with Gasteiger partial charge in [-0.1, -0.05) is 18.2 Å². The Balaban J connectivity index is 1.74. The molecule has 4 rings (SSSR count). The van der Waals surface area contributed by atoms with Gasteiger partial charge in [0.15, 0.2) is 5.43 Å². The summed E-state index contributed by atoms with van der Waals surface area (Å²) in [5.74, 6) is -2.81. The number of fused-ring (bicyclic) bond motifs is 1. The second-order valence-electron chi connectivity index (χ2n) is 10.8. The maximum absolute atomic E-state index is 13.8. The summed E-state index contributed by atoms with van der Waals surface area (Å²) in [6.45, 7) is 11.2. The predicted molar refractivity (Wildman–Crippen MR) is 142 cm³/mol. The average molecular weight is 513 g/mol. The van der Waals surface area contributed by atoms with Gasteiger partial charge < -0.3 is 19.4 Å². The first-order chi connectivity index (χ1) is 17.3. The van der Waals surface area contributed by atoms with E-state index in [0.29, 0.717) is 33.7 Å². The van der Waals surface area contributed by atoms with Gasteiger partial charge in [-0.2, -0.15) is 0 Å². The van der Waals surface area contributed by atoms with Gasteiger partial charge in [-0.25, -0.2) is 13.6 Å². The molecule has 1 unspecified atom stereocenters. The smallest absolute Gasteiger partial charge is 0.340 e. The number of rotatable bonds is 5. The molecule has 0 amide bonds. The lowest BCUT2D eigenvalue weighted by Crippen LogP contribution is -2.40. The van der Waals surface area contributed by atoms with Crippen molar-refractivity contribution in [2.75, 3.05) is 23.3 Å². The summed E-state index contributed by atoms with van der Waals surface area (Å²) < 4.78 is 39.4. The van der Waals surface area contributed by atoms with Gasteiger partial charge in [0, 0.05) is 37.2 Å². The Kier molecular flexibility index (Phi) is 7.06. The molecular formula is C29H34F2N2O4. The van der Waals surface area contributed by atoms with Crippen LogP contribution in [0.3, 0.4) is 0 Å². The number of alkyl halides is 2. The molecule has 2 heterocycles. The quantitative estimate of drug-likeness (QED) is 0.380. The van der Waals surface area contributed by atoms with Crippen LogP contribution >= 0.6 is 0 Å². The van der Waals surface area contributed by atoms with Crippen molar-refractivity contribution in [3.05, 3.63) is 68.9 Å². The molecule has 0 radical (unpaired) electrons. The maximum Gasteiger partial charge on any atom is 0.340 e. The van der Waals surface area contributed by atoms with Crippen LogP contribution in [0, 0.1) is 13.8 Å². The minimum atomic E-state index is -2.70. The number of hydrogen-bond donors (Lipinski definition) is 1. The fraction of sp³-hybridized carbons (Fsp3) is 0.448. The highest BCUT2D eigenvalue weighted by Crippen LogP contribution is 2.35. The molecule has 3 aromatic rings. The predicted octanol–water partition coefficient (Wildman–Crippen LogP) is 6.77. The minimum absolute atomic E-state index is 0.112. The van der Waals surface area contributed by atoms with E-state index in [9.17, 15) is 18.4 Å². The van der Waals surface area contributed by atoms with Crippen molar-refractivity contribution in [2.24, 2.45) is 0 Å². The van der Waals surface area contributed by atoms with E-state index < -0.39 is 17.5 Å². The lowest BCUT2D eigenvalue weighted by molar-refractivity contribution is -0.0225. The third-order valence-electron chi connectivity index (χ3n) is 6.53. The third-order valence-corrected chi connectivity index (χ3v) is 6.53. The van der Waals surface area contributed by atoms with E-state index in [0.717, 1.165) is 11.1 Å². The number of benzene rings is 2. The summed E-state index contributed by atoms with van der Waals surface area (Å²) in [5.41, 5.74) is 2.59. The van der Waals surface area contributed by atoms with Crippen molar-refractivity contribution >= 4 is 28.5 Å². The number of hydrogen-bond acceptors (Lipinski definition) is 6. The SMILES string of the molecule is Cc1cc(C(C)Nc2ccccc2C(=O)OC(C)(C)C)c2oc(N3CCC(F)(F)CC3)c(C)c(=O)c2c1. The highest BCUT2D eigenvalue weighted by molar-refractivity contribution is 5.96. The molecule has 0 spiro atoms. The van der Waals surface area contributed by atoms with E-state index in [2.05, 4.69) is 5.32 Å². The summed E-state index contributed by atoms with van der Waals surface area (Å²) in [6.07, 6.45) is -0.567. The Bertz CT molecular complexity index is 1380. The number of ether oxygens (including phenoxy) is 1. The molecule has 0 bridgehead atoms. The number of nitrogens with zero attached hydrogens (tertiary/aromatic N) is 1. The van der Waals surface area contributed by atoms with Crippen LogP contribution in [0.25, 0.3) is 11.0 Å². The molecule has 1 aliphatic rings. The Morgan fingerprint density at radius 1 is 1.14 bits per heavy atom. The van der Waals surface area contributed by atoms with Gasteiger partial charge >= 0.3 is 5.97 Å². The summed E-state index contributed by atoms with van der Waals surface area (Å²) in [6, 6.07) is 10.5. The largest absolute Gasteiger partial charge is 0.456 e. The van der Waals surface area contributed by atoms with Crippen LogP contribution in [-0.4, -0.2) is 30.6 Å². The molecule has 6 nitrogen and oxygen atoms in total. The van der Waals surface area contributed by atoms with Crippen LogP contribution in [0.2, 0.25) is 0 Å². The van der Waals surface area contributed by atoms with Crippen molar-refractivity contribution in [1.82, 2.24) is 0 Å². The molecule has 1 saturated heterocycles. The van der Waals surface area contributed by atoms with Gasteiger partial charge in [0.05, 0.1) is 22.6 Å². The topological polar surface area (TPSA) is 71.8 Å². The summed E-state index contributed by atoms with van der Waals surface area (Å²) >= 11 is 0. The maximum atomic E-state index is 13.8. The second kappa shape index (κ2) is 9.80. The molecule has 1 N–H and O–H groups in total. The molecular weight excluding hydrogens is 478 g/mol. The van der Waals surface area contributed by atoms with Crippen molar-refractivity contribution in [3.8, 4) is 0 Å². The molecule has 37 heavy (non-hydrogen) atoms. The van der Waals surface area contributed by atoms with Gasteiger partial charge in [0.1, 0.15) is 11.2 Å². The molecule has 0 saturated carbocycles. The van der Waals surface area contributed by atoms with E-state index in [4.69, 9.17) is 9.15 Å². The zero-order valence-electron chi connectivity index (χ0n) is 22.2. The van der Waals surface area contributed by atoms with Crippen LogP contribution in [0.1, 0.15) is 73.6 Å². The number of aryl methyl sites for hydroxylation is 1. The second-order valence-corrected chi connectivity index (χ2v) is 10.8. The zero-order chi connectivity index (χ0) is 27.1. The van der Waals surface area contributed by atoms with Gasteiger partial charge in [-0.05, 0) is 65.3 Å². The summed E-state index contributed by atoms with van der Waals surface area (Å²) in [7, 11) is 0. The number of carbonyl (C=O) groups excluding carboxylic acids is 1. The third kappa shape index (κ3) is 5.78. The summed E-state index contributed by atoms with van der Waals surface area (Å²) in [4.78, 5) is 27.9. The number of para-hydroxylation sites is 1. The van der Waals surface area contributed by atoms with Crippen LogP contribution in [0.4, 0.5) is 20.4 Å². The normalized spacial score (nSPS) is 16.5. The number of anilines is 2. The van der Waals surface area contributed by atoms with Gasteiger partial charge in [-0.15, -0.1) is 0 Å². The van der Waals surface area contributed by atoms with Crippen molar-refractivity contribution in [2.45, 2.75) is 71.9 Å².